The molecule has 0 radical (unpaired) electrons. The van der Waals surface area contributed by atoms with Crippen LogP contribution in [0, 0.1) is 0 Å². The van der Waals surface area contributed by atoms with Crippen LogP contribution in [0.4, 0.5) is 10.5 Å². The summed E-state index contributed by atoms with van der Waals surface area (Å²) in [6, 6.07) is 12.1. The quantitative estimate of drug-likeness (QED) is 0.742. The molecule has 1 fully saturated rings. The largest absolute Gasteiger partial charge is 0.497 e. The maximum absolute atomic E-state index is 12.7. The Morgan fingerprint density at radius 1 is 0.885 bits per heavy atom. The number of hydrogen-bond acceptors (Lipinski definition) is 6. The van der Waals surface area contributed by atoms with Gasteiger partial charge in [0.2, 0.25) is 0 Å². The fourth-order valence-electron chi connectivity index (χ4n) is 2.52. The molecule has 7 heteroatoms. The summed E-state index contributed by atoms with van der Waals surface area (Å²) in [5.74, 6) is 1.44. The van der Waals surface area contributed by atoms with E-state index in [-0.39, 0.29) is 11.1 Å². The van der Waals surface area contributed by atoms with E-state index in [0.717, 1.165) is 22.2 Å². The molecule has 1 aliphatic rings. The van der Waals surface area contributed by atoms with Gasteiger partial charge >= 0.3 is 0 Å². The predicted octanol–water partition coefficient (Wildman–Crippen LogP) is 3.95. The molecular weight excluding hydrogens is 354 g/mol. The lowest BCUT2D eigenvalue weighted by atomic mass is 10.2. The van der Waals surface area contributed by atoms with Crippen LogP contribution in [0.3, 0.4) is 0 Å². The summed E-state index contributed by atoms with van der Waals surface area (Å²) < 4.78 is 15.6. The molecule has 1 heterocycles. The topological polar surface area (TPSA) is 65.1 Å². The van der Waals surface area contributed by atoms with Crippen molar-refractivity contribution in [3.05, 3.63) is 52.9 Å². The van der Waals surface area contributed by atoms with Crippen molar-refractivity contribution >= 4 is 34.7 Å². The highest BCUT2D eigenvalue weighted by Crippen LogP contribution is 2.37. The van der Waals surface area contributed by atoms with Crippen molar-refractivity contribution in [3.8, 4) is 17.2 Å². The number of anilines is 1. The minimum atomic E-state index is -0.361. The fourth-order valence-corrected chi connectivity index (χ4v) is 3.36. The van der Waals surface area contributed by atoms with Crippen molar-refractivity contribution in [2.24, 2.45) is 0 Å². The number of benzene rings is 2. The molecule has 0 saturated carbocycles. The van der Waals surface area contributed by atoms with Gasteiger partial charge in [-0.25, -0.2) is 4.90 Å². The molecule has 0 bridgehead atoms. The van der Waals surface area contributed by atoms with Gasteiger partial charge in [-0.15, -0.1) is 0 Å². The third-order valence-corrected chi connectivity index (χ3v) is 4.70. The Hall–Kier alpha value is -2.93. The van der Waals surface area contributed by atoms with Crippen molar-refractivity contribution < 1.29 is 23.8 Å². The van der Waals surface area contributed by atoms with Crippen LogP contribution in [0.2, 0.25) is 0 Å². The van der Waals surface area contributed by atoms with Gasteiger partial charge in [0.25, 0.3) is 11.1 Å². The number of thioether (sulfide) groups is 1. The van der Waals surface area contributed by atoms with Crippen molar-refractivity contribution in [1.82, 2.24) is 0 Å². The zero-order valence-corrected chi connectivity index (χ0v) is 15.3. The molecule has 2 aromatic rings. The fraction of sp³-hybridized carbons (Fsp3) is 0.158. The Kier molecular flexibility index (Phi) is 5.18. The van der Waals surface area contributed by atoms with Gasteiger partial charge in [0, 0.05) is 0 Å². The van der Waals surface area contributed by atoms with E-state index in [9.17, 15) is 9.59 Å². The maximum atomic E-state index is 12.7. The van der Waals surface area contributed by atoms with E-state index in [1.54, 1.807) is 69.9 Å². The second kappa shape index (κ2) is 7.53. The molecule has 134 valence electrons. The smallest absolute Gasteiger partial charge is 0.298 e. The van der Waals surface area contributed by atoms with E-state index >= 15 is 0 Å². The average Bonchev–Trinajstić information content (AvgIpc) is 2.95. The average molecular weight is 371 g/mol. The Bertz CT molecular complexity index is 876. The first-order valence-corrected chi connectivity index (χ1v) is 8.53. The second-order valence-corrected chi connectivity index (χ2v) is 6.32. The summed E-state index contributed by atoms with van der Waals surface area (Å²) in [4.78, 5) is 26.5. The highest BCUT2D eigenvalue weighted by molar-refractivity contribution is 8.19. The molecule has 1 saturated heterocycles. The number of imide groups is 1. The molecule has 0 atom stereocenters. The summed E-state index contributed by atoms with van der Waals surface area (Å²) in [6.45, 7) is 0. The van der Waals surface area contributed by atoms with Crippen LogP contribution in [0.5, 0.6) is 17.2 Å². The van der Waals surface area contributed by atoms with Crippen LogP contribution >= 0.6 is 11.8 Å². The lowest BCUT2D eigenvalue weighted by molar-refractivity contribution is -0.113. The van der Waals surface area contributed by atoms with Gasteiger partial charge < -0.3 is 14.2 Å². The molecule has 6 nitrogen and oxygen atoms in total. The normalized spacial score (nSPS) is 15.5. The molecule has 2 aromatic carbocycles. The Morgan fingerprint density at radius 2 is 1.58 bits per heavy atom. The predicted molar refractivity (Wildman–Crippen MR) is 101 cm³/mol. The zero-order chi connectivity index (χ0) is 18.7. The summed E-state index contributed by atoms with van der Waals surface area (Å²) in [5, 5.41) is -0.341. The molecule has 2 amide bonds. The Morgan fingerprint density at radius 3 is 2.19 bits per heavy atom. The number of rotatable bonds is 5. The van der Waals surface area contributed by atoms with E-state index in [1.807, 2.05) is 0 Å². The molecule has 26 heavy (non-hydrogen) atoms. The van der Waals surface area contributed by atoms with E-state index < -0.39 is 0 Å². The highest BCUT2D eigenvalue weighted by atomic mass is 32.2. The molecular formula is C19H17NO5S. The third kappa shape index (κ3) is 3.39. The summed E-state index contributed by atoms with van der Waals surface area (Å²) in [6.07, 6.45) is 1.66. The van der Waals surface area contributed by atoms with E-state index in [2.05, 4.69) is 0 Å². The molecule has 0 aromatic heterocycles. The zero-order valence-electron chi connectivity index (χ0n) is 14.5. The SMILES string of the molecule is COc1ccc(N2C(=O)SC(=Cc3ccc(OC)c(OC)c3)C2=O)cc1. The number of ether oxygens (including phenoxy) is 3. The standard InChI is InChI=1S/C19H17NO5S/c1-23-14-7-5-13(6-8-14)20-18(21)17(26-19(20)22)11-12-4-9-15(24-2)16(10-12)25-3/h4-11H,1-3H3. The van der Waals surface area contributed by atoms with Crippen molar-refractivity contribution in [2.45, 2.75) is 0 Å². The van der Waals surface area contributed by atoms with Crippen LogP contribution < -0.4 is 19.1 Å². The molecule has 0 aliphatic carbocycles. The van der Waals surface area contributed by atoms with E-state index in [1.165, 1.54) is 0 Å². The van der Waals surface area contributed by atoms with Gasteiger partial charge in [-0.2, -0.15) is 0 Å². The first kappa shape index (κ1) is 17.9. The second-order valence-electron chi connectivity index (χ2n) is 5.33. The van der Waals surface area contributed by atoms with Crippen molar-refractivity contribution in [3.63, 3.8) is 0 Å². The minimum absolute atomic E-state index is 0.341. The first-order valence-electron chi connectivity index (χ1n) is 7.71. The number of carbonyl (C=O) groups excluding carboxylic acids is 2. The summed E-state index contributed by atoms with van der Waals surface area (Å²) in [7, 11) is 4.65. The molecule has 0 N–H and O–H groups in total. The monoisotopic (exact) mass is 371 g/mol. The van der Waals surface area contributed by atoms with Crippen molar-refractivity contribution in [2.75, 3.05) is 26.2 Å². The number of hydrogen-bond donors (Lipinski definition) is 0. The maximum Gasteiger partial charge on any atom is 0.298 e. The lowest BCUT2D eigenvalue weighted by Crippen LogP contribution is -2.27. The summed E-state index contributed by atoms with van der Waals surface area (Å²) in [5.41, 5.74) is 1.24. The van der Waals surface area contributed by atoms with Crippen LogP contribution in [-0.4, -0.2) is 32.5 Å². The van der Waals surface area contributed by atoms with E-state index in [4.69, 9.17) is 14.2 Å². The number of nitrogens with zero attached hydrogens (tertiary/aromatic N) is 1. The lowest BCUT2D eigenvalue weighted by Gasteiger charge is -2.12. The highest BCUT2D eigenvalue weighted by Gasteiger charge is 2.36. The van der Waals surface area contributed by atoms with Gasteiger partial charge in [0.05, 0.1) is 31.9 Å². The summed E-state index contributed by atoms with van der Waals surface area (Å²) >= 11 is 0.900. The van der Waals surface area contributed by atoms with Gasteiger partial charge in [-0.1, -0.05) is 6.07 Å². The number of methoxy groups -OCH3 is 3. The molecule has 3 rings (SSSR count). The molecule has 0 unspecified atom stereocenters. The van der Waals surface area contributed by atoms with Gasteiger partial charge in [0.1, 0.15) is 5.75 Å². The van der Waals surface area contributed by atoms with Crippen molar-refractivity contribution in [1.29, 1.82) is 0 Å². The number of carbonyl (C=O) groups is 2. The van der Waals surface area contributed by atoms with Crippen LogP contribution in [0.1, 0.15) is 5.56 Å². The van der Waals surface area contributed by atoms with Crippen LogP contribution in [0.25, 0.3) is 6.08 Å². The van der Waals surface area contributed by atoms with E-state index in [0.29, 0.717) is 27.8 Å². The first-order chi connectivity index (χ1) is 12.6. The van der Waals surface area contributed by atoms with Crippen LogP contribution in [-0.2, 0) is 4.79 Å². The minimum Gasteiger partial charge on any atom is -0.497 e. The molecule has 1 aliphatic heterocycles. The van der Waals surface area contributed by atoms with Gasteiger partial charge in [-0.3, -0.25) is 9.59 Å². The van der Waals surface area contributed by atoms with Gasteiger partial charge in [0.15, 0.2) is 11.5 Å². The van der Waals surface area contributed by atoms with Crippen LogP contribution in [0.15, 0.2) is 47.4 Å². The Balaban J connectivity index is 1.89. The third-order valence-electron chi connectivity index (χ3n) is 3.83. The Labute approximate surface area is 155 Å². The van der Waals surface area contributed by atoms with Gasteiger partial charge in [-0.05, 0) is 59.8 Å². The molecule has 0 spiro atoms. The number of amides is 2.